The Kier molecular flexibility index (Phi) is 4.88. The molecular weight excluding hydrogens is 373 g/mol. The highest BCUT2D eigenvalue weighted by atomic mass is 19.1. The summed E-state index contributed by atoms with van der Waals surface area (Å²) < 4.78 is 18.5. The van der Waals surface area contributed by atoms with Gasteiger partial charge in [0.05, 0.1) is 18.6 Å². The monoisotopic (exact) mass is 393 g/mol. The molecule has 1 aliphatic heterocycles. The Hall–Kier alpha value is -3.48. The van der Waals surface area contributed by atoms with E-state index in [1.54, 1.807) is 35.5 Å². The lowest BCUT2D eigenvalue weighted by molar-refractivity contribution is -0.136. The van der Waals surface area contributed by atoms with E-state index in [1.807, 2.05) is 6.07 Å². The van der Waals surface area contributed by atoms with Crippen LogP contribution in [0, 0.1) is 5.82 Å². The minimum absolute atomic E-state index is 0.0406. The standard InChI is InChI=1S/C22H20FN3O3/c1-29-22(28)20-18(13-4-3-11-25-12-13)19-16(5-2-6-17(19)27)26(21(20)24)15-9-7-14(23)8-10-15/h3-4,7-12,18H,2,5-6,24H2,1H3/t18-/m1/s1. The molecule has 2 N–H and O–H groups in total. The second kappa shape index (κ2) is 7.50. The van der Waals surface area contributed by atoms with Gasteiger partial charge in [0, 0.05) is 35.8 Å². The Labute approximate surface area is 167 Å². The van der Waals surface area contributed by atoms with Crippen LogP contribution in [-0.2, 0) is 14.3 Å². The van der Waals surface area contributed by atoms with Crippen molar-refractivity contribution in [3.05, 3.63) is 82.8 Å². The second-order valence-corrected chi connectivity index (χ2v) is 6.96. The molecule has 1 aromatic heterocycles. The largest absolute Gasteiger partial charge is 0.466 e. The number of rotatable bonds is 3. The first-order valence-corrected chi connectivity index (χ1v) is 9.32. The summed E-state index contributed by atoms with van der Waals surface area (Å²) >= 11 is 0. The number of pyridine rings is 1. The van der Waals surface area contributed by atoms with E-state index in [-0.39, 0.29) is 23.0 Å². The molecule has 0 amide bonds. The third kappa shape index (κ3) is 3.18. The second-order valence-electron chi connectivity index (χ2n) is 6.96. The van der Waals surface area contributed by atoms with Gasteiger partial charge in [-0.1, -0.05) is 6.07 Å². The predicted molar refractivity (Wildman–Crippen MR) is 105 cm³/mol. The molecule has 2 aliphatic rings. The number of nitrogens with two attached hydrogens (primary N) is 1. The minimum atomic E-state index is -0.657. The summed E-state index contributed by atoms with van der Waals surface area (Å²) in [5, 5.41) is 0. The van der Waals surface area contributed by atoms with Gasteiger partial charge in [0.15, 0.2) is 5.78 Å². The zero-order chi connectivity index (χ0) is 20.5. The van der Waals surface area contributed by atoms with Crippen molar-refractivity contribution in [1.82, 2.24) is 4.98 Å². The van der Waals surface area contributed by atoms with Crippen LogP contribution in [0.25, 0.3) is 0 Å². The van der Waals surface area contributed by atoms with Crippen LogP contribution < -0.4 is 10.6 Å². The van der Waals surface area contributed by atoms with E-state index >= 15 is 0 Å². The molecule has 0 fully saturated rings. The first-order valence-electron chi connectivity index (χ1n) is 9.32. The van der Waals surface area contributed by atoms with E-state index in [9.17, 15) is 14.0 Å². The number of methoxy groups -OCH3 is 1. The summed E-state index contributed by atoms with van der Waals surface area (Å²) in [6, 6.07) is 9.35. The first-order chi connectivity index (χ1) is 14.0. The molecule has 7 heteroatoms. The van der Waals surface area contributed by atoms with Gasteiger partial charge in [0.2, 0.25) is 0 Å². The van der Waals surface area contributed by atoms with Gasteiger partial charge in [-0.05, 0) is 48.7 Å². The minimum Gasteiger partial charge on any atom is -0.466 e. The van der Waals surface area contributed by atoms with Crippen LogP contribution in [0.15, 0.2) is 71.5 Å². The van der Waals surface area contributed by atoms with Gasteiger partial charge in [-0.2, -0.15) is 0 Å². The number of ketones is 1. The maximum atomic E-state index is 13.5. The van der Waals surface area contributed by atoms with Crippen molar-refractivity contribution in [3.63, 3.8) is 0 Å². The van der Waals surface area contributed by atoms with Gasteiger partial charge in [0.25, 0.3) is 0 Å². The topological polar surface area (TPSA) is 85.5 Å². The number of esters is 1. The molecule has 0 spiro atoms. The number of carbonyl (C=O) groups is 2. The fourth-order valence-electron chi connectivity index (χ4n) is 4.06. The highest BCUT2D eigenvalue weighted by Gasteiger charge is 2.43. The van der Waals surface area contributed by atoms with Crippen LogP contribution in [0.3, 0.4) is 0 Å². The van der Waals surface area contributed by atoms with Gasteiger partial charge in [-0.15, -0.1) is 0 Å². The molecule has 0 unspecified atom stereocenters. The predicted octanol–water partition coefficient (Wildman–Crippen LogP) is 3.17. The van der Waals surface area contributed by atoms with E-state index in [0.29, 0.717) is 36.1 Å². The van der Waals surface area contributed by atoms with Crippen molar-refractivity contribution in [2.45, 2.75) is 25.2 Å². The summed E-state index contributed by atoms with van der Waals surface area (Å²) in [5.74, 6) is -1.53. The van der Waals surface area contributed by atoms with Gasteiger partial charge < -0.3 is 10.5 Å². The lowest BCUT2D eigenvalue weighted by Gasteiger charge is -2.40. The molecule has 1 atom stereocenters. The molecule has 4 rings (SSSR count). The van der Waals surface area contributed by atoms with Crippen LogP contribution in [0.2, 0.25) is 0 Å². The average molecular weight is 393 g/mol. The molecule has 2 heterocycles. The van der Waals surface area contributed by atoms with E-state index in [0.717, 1.165) is 5.70 Å². The first kappa shape index (κ1) is 18.9. The van der Waals surface area contributed by atoms with Crippen molar-refractivity contribution in [3.8, 4) is 0 Å². The van der Waals surface area contributed by atoms with Crippen LogP contribution in [-0.4, -0.2) is 23.8 Å². The number of carbonyl (C=O) groups excluding carboxylic acids is 2. The van der Waals surface area contributed by atoms with Crippen molar-refractivity contribution in [1.29, 1.82) is 0 Å². The number of aromatic nitrogens is 1. The normalized spacial score (nSPS) is 19.3. The third-order valence-corrected chi connectivity index (χ3v) is 5.30. The maximum Gasteiger partial charge on any atom is 0.338 e. The summed E-state index contributed by atoms with van der Waals surface area (Å²) in [6.45, 7) is 0. The number of ether oxygens (including phenoxy) is 1. The number of anilines is 1. The van der Waals surface area contributed by atoms with Gasteiger partial charge in [-0.3, -0.25) is 14.7 Å². The maximum absolute atomic E-state index is 13.5. The molecule has 0 bridgehead atoms. The van der Waals surface area contributed by atoms with Crippen molar-refractivity contribution in [2.24, 2.45) is 5.73 Å². The van der Waals surface area contributed by atoms with Crippen LogP contribution in [0.5, 0.6) is 0 Å². The lowest BCUT2D eigenvalue weighted by Crippen LogP contribution is -2.40. The molecular formula is C22H20FN3O3. The average Bonchev–Trinajstić information content (AvgIpc) is 2.74. The van der Waals surface area contributed by atoms with E-state index in [2.05, 4.69) is 4.98 Å². The summed E-state index contributed by atoms with van der Waals surface area (Å²) in [6.07, 6.45) is 4.93. The number of hydrogen-bond donors (Lipinski definition) is 1. The highest BCUT2D eigenvalue weighted by Crippen LogP contribution is 2.46. The van der Waals surface area contributed by atoms with Crippen LogP contribution >= 0.6 is 0 Å². The Morgan fingerprint density at radius 3 is 2.66 bits per heavy atom. The van der Waals surface area contributed by atoms with E-state index < -0.39 is 11.9 Å². The Morgan fingerprint density at radius 1 is 1.24 bits per heavy atom. The fraction of sp³-hybridized carbons (Fsp3) is 0.227. The molecule has 0 radical (unpaired) electrons. The number of benzene rings is 1. The molecule has 29 heavy (non-hydrogen) atoms. The highest BCUT2D eigenvalue weighted by molar-refractivity contribution is 6.05. The van der Waals surface area contributed by atoms with Gasteiger partial charge in [0.1, 0.15) is 11.6 Å². The zero-order valence-corrected chi connectivity index (χ0v) is 15.9. The SMILES string of the molecule is COC(=O)C1=C(N)N(c2ccc(F)cc2)C2=C(C(=O)CCC2)[C@H]1c1cccnc1. The molecule has 6 nitrogen and oxygen atoms in total. The smallest absolute Gasteiger partial charge is 0.338 e. The number of halogens is 1. The lowest BCUT2D eigenvalue weighted by atomic mass is 9.75. The number of nitrogens with zero attached hydrogens (tertiary/aromatic N) is 2. The molecule has 1 aromatic carbocycles. The molecule has 2 aromatic rings. The molecule has 1 aliphatic carbocycles. The molecule has 148 valence electrons. The summed E-state index contributed by atoms with van der Waals surface area (Å²) in [7, 11) is 1.28. The van der Waals surface area contributed by atoms with Crippen LogP contribution in [0.4, 0.5) is 10.1 Å². The Bertz CT molecular complexity index is 1030. The third-order valence-electron chi connectivity index (χ3n) is 5.30. The summed E-state index contributed by atoms with van der Waals surface area (Å²) in [4.78, 5) is 31.6. The van der Waals surface area contributed by atoms with E-state index in [1.165, 1.54) is 19.2 Å². The van der Waals surface area contributed by atoms with Gasteiger partial charge in [-0.25, -0.2) is 9.18 Å². The Balaban J connectivity index is 1.99. The van der Waals surface area contributed by atoms with Crippen LogP contribution in [0.1, 0.15) is 30.7 Å². The number of Topliss-reactive ketones (excluding diaryl/α,β-unsaturated/α-hetero) is 1. The van der Waals surface area contributed by atoms with Crippen molar-refractivity contribution < 1.29 is 18.7 Å². The number of allylic oxidation sites excluding steroid dienone is 2. The van der Waals surface area contributed by atoms with Gasteiger partial charge >= 0.3 is 5.97 Å². The molecule has 0 saturated heterocycles. The number of hydrogen-bond acceptors (Lipinski definition) is 6. The fourth-order valence-corrected chi connectivity index (χ4v) is 4.06. The zero-order valence-electron chi connectivity index (χ0n) is 15.9. The van der Waals surface area contributed by atoms with Crippen molar-refractivity contribution in [2.75, 3.05) is 12.0 Å². The van der Waals surface area contributed by atoms with Crippen molar-refractivity contribution >= 4 is 17.4 Å². The Morgan fingerprint density at radius 2 is 2.00 bits per heavy atom. The summed E-state index contributed by atoms with van der Waals surface area (Å²) in [5.41, 5.74) is 9.19. The quantitative estimate of drug-likeness (QED) is 0.807. The van der Waals surface area contributed by atoms with E-state index in [4.69, 9.17) is 10.5 Å². The molecule has 0 saturated carbocycles.